The minimum absolute atomic E-state index is 0.0173. The van der Waals surface area contributed by atoms with Gasteiger partial charge in [-0.1, -0.05) is 0 Å². The van der Waals surface area contributed by atoms with Crippen molar-refractivity contribution in [2.75, 3.05) is 0 Å². The van der Waals surface area contributed by atoms with E-state index in [0.717, 1.165) is 12.1 Å². The van der Waals surface area contributed by atoms with E-state index in [4.69, 9.17) is 19.0 Å². The van der Waals surface area contributed by atoms with Crippen molar-refractivity contribution >= 4 is 16.9 Å². The highest BCUT2D eigenvalue weighted by molar-refractivity contribution is 5.86. The Bertz CT molecular complexity index is 1220. The molecule has 0 amide bonds. The molecule has 11 heteroatoms. The smallest absolute Gasteiger partial charge is 0.335 e. The first-order valence-corrected chi connectivity index (χ1v) is 9.35. The van der Waals surface area contributed by atoms with Gasteiger partial charge in [0.25, 0.3) is 0 Å². The van der Waals surface area contributed by atoms with Crippen LogP contribution in [0.5, 0.6) is 17.2 Å². The van der Waals surface area contributed by atoms with Gasteiger partial charge in [-0.15, -0.1) is 0 Å². The molecule has 4 rings (SSSR count). The lowest BCUT2D eigenvalue weighted by atomic mass is 9.99. The lowest BCUT2D eigenvalue weighted by molar-refractivity contribution is -0.271. The second kappa shape index (κ2) is 8.13. The van der Waals surface area contributed by atoms with Crippen LogP contribution in [0.3, 0.4) is 0 Å². The molecule has 11 nitrogen and oxygen atoms in total. The maximum atomic E-state index is 12.4. The third-order valence-electron chi connectivity index (χ3n) is 5.00. The number of rotatable bonds is 4. The van der Waals surface area contributed by atoms with E-state index in [1.54, 1.807) is 0 Å². The van der Waals surface area contributed by atoms with Gasteiger partial charge in [0.1, 0.15) is 52.3 Å². The van der Waals surface area contributed by atoms with Crippen molar-refractivity contribution in [1.29, 1.82) is 0 Å². The molecule has 1 aliphatic rings. The first kappa shape index (κ1) is 21.6. The number of ether oxygens (including phenoxy) is 2. The third kappa shape index (κ3) is 3.85. The summed E-state index contributed by atoms with van der Waals surface area (Å²) in [6.07, 6.45) is -8.70. The Morgan fingerprint density at radius 2 is 1.62 bits per heavy atom. The molecular formula is C21H18O11. The number of aromatic hydroxyl groups is 2. The zero-order valence-corrected chi connectivity index (χ0v) is 16.2. The predicted molar refractivity (Wildman–Crippen MR) is 106 cm³/mol. The Kier molecular flexibility index (Phi) is 5.48. The maximum absolute atomic E-state index is 12.4. The molecule has 1 aromatic heterocycles. The molecule has 2 heterocycles. The predicted octanol–water partition coefficient (Wildman–Crippen LogP) is 0.142. The van der Waals surface area contributed by atoms with E-state index in [0.29, 0.717) is 5.56 Å². The maximum Gasteiger partial charge on any atom is 0.335 e. The van der Waals surface area contributed by atoms with Crippen LogP contribution in [0.25, 0.3) is 22.3 Å². The first-order valence-electron chi connectivity index (χ1n) is 9.35. The fraction of sp³-hybridized carbons (Fsp3) is 0.238. The summed E-state index contributed by atoms with van der Waals surface area (Å²) in [6, 6.07) is 9.22. The summed E-state index contributed by atoms with van der Waals surface area (Å²) in [6.45, 7) is 0. The van der Waals surface area contributed by atoms with Crippen LogP contribution >= 0.6 is 0 Å². The topological polar surface area (TPSA) is 187 Å². The second-order valence-electron chi connectivity index (χ2n) is 7.19. The number of aliphatic hydroxyl groups excluding tert-OH is 3. The summed E-state index contributed by atoms with van der Waals surface area (Å²) in [4.78, 5) is 23.5. The minimum atomic E-state index is -1.83. The van der Waals surface area contributed by atoms with Crippen LogP contribution in [0, 0.1) is 0 Å². The van der Waals surface area contributed by atoms with Crippen LogP contribution in [-0.2, 0) is 9.53 Å². The van der Waals surface area contributed by atoms with Gasteiger partial charge >= 0.3 is 5.97 Å². The molecular weight excluding hydrogens is 428 g/mol. The average molecular weight is 446 g/mol. The van der Waals surface area contributed by atoms with Gasteiger partial charge in [0.2, 0.25) is 6.29 Å². The molecule has 3 aromatic rings. The number of hydrogen-bond donors (Lipinski definition) is 6. The molecule has 32 heavy (non-hydrogen) atoms. The van der Waals surface area contributed by atoms with Gasteiger partial charge < -0.3 is 44.5 Å². The Morgan fingerprint density at radius 1 is 0.938 bits per heavy atom. The molecule has 0 radical (unpaired) electrons. The molecule has 6 N–H and O–H groups in total. The molecule has 1 saturated heterocycles. The number of hydrogen-bond acceptors (Lipinski definition) is 10. The van der Waals surface area contributed by atoms with E-state index >= 15 is 0 Å². The van der Waals surface area contributed by atoms with Crippen molar-refractivity contribution in [3.63, 3.8) is 0 Å². The highest BCUT2D eigenvalue weighted by Gasteiger charge is 2.48. The summed E-state index contributed by atoms with van der Waals surface area (Å²) in [5.74, 6) is -1.96. The number of carboxylic acids is 1. The largest absolute Gasteiger partial charge is 0.508 e. The third-order valence-corrected chi connectivity index (χ3v) is 5.00. The molecule has 1 fully saturated rings. The van der Waals surface area contributed by atoms with Crippen molar-refractivity contribution in [2.45, 2.75) is 30.7 Å². The van der Waals surface area contributed by atoms with Crippen LogP contribution in [0.4, 0.5) is 0 Å². The molecule has 5 atom stereocenters. The van der Waals surface area contributed by atoms with Gasteiger partial charge in [-0.25, -0.2) is 4.79 Å². The fourth-order valence-corrected chi connectivity index (χ4v) is 3.38. The summed E-state index contributed by atoms with van der Waals surface area (Å²) < 4.78 is 16.1. The van der Waals surface area contributed by atoms with Crippen LogP contribution in [0.1, 0.15) is 0 Å². The summed E-state index contributed by atoms with van der Waals surface area (Å²) >= 11 is 0. The number of aliphatic hydroxyl groups is 3. The number of carbonyl (C=O) groups is 1. The van der Waals surface area contributed by atoms with Gasteiger partial charge in [0.05, 0.1) is 0 Å². The van der Waals surface area contributed by atoms with E-state index in [1.807, 2.05) is 0 Å². The SMILES string of the molecule is O=C(O)C1OC(Oc2ccc(-c3cc(=O)c4c(O)cc(O)cc4o3)cc2)C(O)C(O)C1O. The lowest BCUT2D eigenvalue weighted by Gasteiger charge is -2.38. The Morgan fingerprint density at radius 3 is 2.28 bits per heavy atom. The van der Waals surface area contributed by atoms with Gasteiger partial charge in [-0.05, 0) is 24.3 Å². The highest BCUT2D eigenvalue weighted by atomic mass is 16.7. The molecule has 5 unspecified atom stereocenters. The van der Waals surface area contributed by atoms with Crippen molar-refractivity contribution in [3.05, 3.63) is 52.7 Å². The van der Waals surface area contributed by atoms with Gasteiger partial charge in [-0.3, -0.25) is 4.79 Å². The van der Waals surface area contributed by atoms with Crippen molar-refractivity contribution < 1.29 is 49.3 Å². The molecule has 0 saturated carbocycles. The molecule has 1 aliphatic heterocycles. The van der Waals surface area contributed by atoms with E-state index < -0.39 is 47.9 Å². The zero-order valence-electron chi connectivity index (χ0n) is 16.2. The normalized spacial score (nSPS) is 25.5. The number of phenolic OH excluding ortho intramolecular Hbond substituents is 2. The summed E-state index contributed by atoms with van der Waals surface area (Å²) in [5.41, 5.74) is -0.107. The van der Waals surface area contributed by atoms with Crippen LogP contribution < -0.4 is 10.2 Å². The van der Waals surface area contributed by atoms with E-state index in [2.05, 4.69) is 0 Å². The number of carboxylic acid groups (broad SMARTS) is 1. The molecule has 0 aliphatic carbocycles. The minimum Gasteiger partial charge on any atom is -0.508 e. The standard InChI is InChI=1S/C21H18O11/c22-9-5-11(23)15-12(24)7-13(31-14(15)6-9)8-1-3-10(4-2-8)30-21-18(27)16(25)17(26)19(32-21)20(28)29/h1-7,16-19,21-23,25-27H,(H,28,29). The fourth-order valence-electron chi connectivity index (χ4n) is 3.38. The Labute approximate surface area is 178 Å². The van der Waals surface area contributed by atoms with Gasteiger partial charge in [-0.2, -0.15) is 0 Å². The van der Waals surface area contributed by atoms with Gasteiger partial charge in [0, 0.05) is 23.8 Å². The quantitative estimate of drug-likeness (QED) is 0.320. The summed E-state index contributed by atoms with van der Waals surface area (Å²) in [5, 5.41) is 58.1. The van der Waals surface area contributed by atoms with Crippen molar-refractivity contribution in [3.8, 4) is 28.6 Å². The van der Waals surface area contributed by atoms with Crippen LogP contribution in [0.15, 0.2) is 51.7 Å². The molecule has 2 aromatic carbocycles. The zero-order chi connectivity index (χ0) is 23.2. The van der Waals surface area contributed by atoms with Crippen molar-refractivity contribution in [2.24, 2.45) is 0 Å². The molecule has 0 bridgehead atoms. The Hall–Kier alpha value is -3.64. The number of phenols is 2. The number of aliphatic carboxylic acids is 1. The summed E-state index contributed by atoms with van der Waals surface area (Å²) in [7, 11) is 0. The van der Waals surface area contributed by atoms with Crippen LogP contribution in [0.2, 0.25) is 0 Å². The van der Waals surface area contributed by atoms with E-state index in [1.165, 1.54) is 30.3 Å². The monoisotopic (exact) mass is 446 g/mol. The first-order chi connectivity index (χ1) is 15.2. The highest BCUT2D eigenvalue weighted by Crippen LogP contribution is 2.31. The average Bonchev–Trinajstić information content (AvgIpc) is 2.73. The van der Waals surface area contributed by atoms with Crippen LogP contribution in [-0.4, -0.2) is 67.3 Å². The van der Waals surface area contributed by atoms with Gasteiger partial charge in [0.15, 0.2) is 11.5 Å². The van der Waals surface area contributed by atoms with E-state index in [9.17, 15) is 35.1 Å². The molecule has 0 spiro atoms. The van der Waals surface area contributed by atoms with E-state index in [-0.39, 0.29) is 28.2 Å². The Balaban J connectivity index is 1.59. The second-order valence-corrected chi connectivity index (χ2v) is 7.19. The number of benzene rings is 2. The lowest BCUT2D eigenvalue weighted by Crippen LogP contribution is -2.61. The molecule has 168 valence electrons. The number of fused-ring (bicyclic) bond motifs is 1. The van der Waals surface area contributed by atoms with Crippen molar-refractivity contribution in [1.82, 2.24) is 0 Å².